The van der Waals surface area contributed by atoms with Gasteiger partial charge >= 0.3 is 6.09 Å². The molecule has 7 atom stereocenters. The Morgan fingerprint density at radius 2 is 1.96 bits per heavy atom. The number of allylic oxidation sites excluding steroid dienone is 1. The van der Waals surface area contributed by atoms with Crippen molar-refractivity contribution in [3.05, 3.63) is 42.4 Å². The fourth-order valence-electron chi connectivity index (χ4n) is 7.70. The Kier molecular flexibility index (Phi) is 10.6. The van der Waals surface area contributed by atoms with Gasteiger partial charge in [0.1, 0.15) is 28.5 Å². The zero-order valence-electron chi connectivity index (χ0n) is 29.8. The second-order valence-corrected chi connectivity index (χ2v) is 16.9. The number of carboxylic acid groups (broad SMARTS) is 1. The van der Waals surface area contributed by atoms with E-state index in [0.29, 0.717) is 36.5 Å². The lowest BCUT2D eigenvalue weighted by Crippen LogP contribution is -2.59. The zero-order chi connectivity index (χ0) is 38.3. The van der Waals surface area contributed by atoms with Gasteiger partial charge in [0.05, 0.1) is 20.3 Å². The highest BCUT2D eigenvalue weighted by Crippen LogP contribution is 2.48. The van der Waals surface area contributed by atoms with Crippen molar-refractivity contribution in [3.63, 3.8) is 0 Å². The highest BCUT2D eigenvalue weighted by molar-refractivity contribution is 7.91. The van der Waals surface area contributed by atoms with E-state index < -0.39 is 86.6 Å². The summed E-state index contributed by atoms with van der Waals surface area (Å²) in [5.74, 6) is -3.86. The first-order valence-electron chi connectivity index (χ1n) is 17.9. The van der Waals surface area contributed by atoms with Crippen LogP contribution in [0.5, 0.6) is 11.6 Å². The van der Waals surface area contributed by atoms with Crippen LogP contribution in [0.4, 0.5) is 9.18 Å². The van der Waals surface area contributed by atoms with Crippen molar-refractivity contribution in [3.8, 4) is 11.6 Å². The van der Waals surface area contributed by atoms with Crippen LogP contribution in [0.2, 0.25) is 0 Å². The molecule has 4 amide bonds. The van der Waals surface area contributed by atoms with Crippen LogP contribution in [0.1, 0.15) is 65.2 Å². The number of hydrogen-bond acceptors (Lipinski definition) is 10. The number of halogens is 1. The lowest BCUT2D eigenvalue weighted by molar-refractivity contribution is -0.142. The SMILES string of the molecule is CC[C@@H]1C[C@H](C)CCC=C[C@@H]2C[C@@]2(C(=O)NS(=O)(=O)C2(CO)CC2)NC(=O)[C@@H]2C[C@@H](Oc3nccc4cc(OC)c(F)cc34)CN2C(=O)[C@H]1NC(=O)O. The molecular weight excluding hydrogens is 713 g/mol. The third-order valence-corrected chi connectivity index (χ3v) is 13.4. The largest absolute Gasteiger partial charge is 0.494 e. The average molecular weight is 760 g/mol. The molecule has 53 heavy (non-hydrogen) atoms. The fourth-order valence-corrected chi connectivity index (χ4v) is 9.15. The number of nitrogens with one attached hydrogen (secondary N) is 3. The van der Waals surface area contributed by atoms with Crippen LogP contribution < -0.4 is 24.8 Å². The number of hydrogen-bond donors (Lipinski definition) is 5. The van der Waals surface area contributed by atoms with Crippen LogP contribution in [0, 0.1) is 23.6 Å². The second kappa shape index (κ2) is 14.7. The summed E-state index contributed by atoms with van der Waals surface area (Å²) in [6.45, 7) is 3.04. The van der Waals surface area contributed by atoms with Crippen molar-refractivity contribution >= 4 is 44.6 Å². The third kappa shape index (κ3) is 7.50. The monoisotopic (exact) mass is 759 g/mol. The number of methoxy groups -OCH3 is 1. The minimum atomic E-state index is -4.29. The van der Waals surface area contributed by atoms with Crippen molar-refractivity contribution in [2.75, 3.05) is 20.3 Å². The Labute approximate surface area is 306 Å². The highest BCUT2D eigenvalue weighted by atomic mass is 32.2. The molecule has 288 valence electrons. The van der Waals surface area contributed by atoms with Gasteiger partial charge in [-0.2, -0.15) is 0 Å². The molecular formula is C36H46FN5O10S. The number of benzene rings is 1. The average Bonchev–Trinajstić information content (AvgIpc) is 4.02. The van der Waals surface area contributed by atoms with E-state index in [-0.39, 0.29) is 49.8 Å². The smallest absolute Gasteiger partial charge is 0.405 e. The maximum absolute atomic E-state index is 14.8. The Bertz CT molecular complexity index is 1920. The van der Waals surface area contributed by atoms with Crippen molar-refractivity contribution in [1.82, 2.24) is 25.2 Å². The van der Waals surface area contributed by atoms with Crippen LogP contribution in [-0.4, -0.2) is 101 Å². The Morgan fingerprint density at radius 3 is 2.62 bits per heavy atom. The number of fused-ring (bicyclic) bond motifs is 3. The molecule has 17 heteroatoms. The lowest BCUT2D eigenvalue weighted by Gasteiger charge is -2.33. The molecule has 0 unspecified atom stereocenters. The number of carbonyl (C=O) groups excluding carboxylic acids is 3. The van der Waals surface area contributed by atoms with Gasteiger partial charge in [0.2, 0.25) is 27.7 Å². The number of nitrogens with zero attached hydrogens (tertiary/aromatic N) is 2. The number of ether oxygens (including phenoxy) is 2. The minimum Gasteiger partial charge on any atom is -0.494 e. The van der Waals surface area contributed by atoms with Gasteiger partial charge in [0, 0.05) is 23.9 Å². The molecule has 0 radical (unpaired) electrons. The molecule has 6 rings (SSSR count). The van der Waals surface area contributed by atoms with E-state index in [9.17, 15) is 42.2 Å². The molecule has 15 nitrogen and oxygen atoms in total. The number of rotatable bonds is 9. The number of amides is 4. The molecule has 2 saturated carbocycles. The van der Waals surface area contributed by atoms with Gasteiger partial charge in [-0.3, -0.25) is 19.1 Å². The molecule has 2 aromatic rings. The van der Waals surface area contributed by atoms with Crippen molar-refractivity contribution in [2.45, 2.75) is 93.7 Å². The molecule has 0 bridgehead atoms. The summed E-state index contributed by atoms with van der Waals surface area (Å²) in [5.41, 5.74) is -1.66. The van der Waals surface area contributed by atoms with Crippen LogP contribution in [0.15, 0.2) is 36.5 Å². The van der Waals surface area contributed by atoms with Gasteiger partial charge in [-0.15, -0.1) is 0 Å². The number of aliphatic hydroxyl groups is 1. The maximum Gasteiger partial charge on any atom is 0.405 e. The predicted molar refractivity (Wildman–Crippen MR) is 189 cm³/mol. The number of pyridine rings is 1. The van der Waals surface area contributed by atoms with Gasteiger partial charge < -0.3 is 35.2 Å². The standard InChI is InChI=1S/C36H46FN5O10S/c1-4-21-13-20(2)7-5-6-8-23-17-36(23,33(46)41-53(49,50)35(19-43)10-11-35)40-30(44)27-15-24(18-42(27)32(45)29(21)39-34(47)48)52-31-25-16-26(37)28(51-3)14-22(25)9-12-38-31/h6,8-9,12,14,16,20-21,23-24,27,29,39,43H,4-5,7,10-11,13,15,17-19H2,1-3H3,(H,40,44)(H,41,46)(H,47,48)/t20-,21-,23-,24-,27+,29+,36-/m1/s1. The molecule has 3 fully saturated rings. The summed E-state index contributed by atoms with van der Waals surface area (Å²) < 4.78 is 53.1. The second-order valence-electron chi connectivity index (χ2n) is 14.8. The third-order valence-electron chi connectivity index (χ3n) is 11.2. The Hall–Kier alpha value is -4.51. The molecule has 2 aliphatic carbocycles. The normalized spacial score (nSPS) is 29.9. The van der Waals surface area contributed by atoms with E-state index in [0.717, 1.165) is 0 Å². The first kappa shape index (κ1) is 38.2. The van der Waals surface area contributed by atoms with E-state index in [1.54, 1.807) is 12.1 Å². The van der Waals surface area contributed by atoms with E-state index in [1.165, 1.54) is 30.3 Å². The van der Waals surface area contributed by atoms with Crippen LogP contribution in [0.25, 0.3) is 10.8 Å². The molecule has 0 spiro atoms. The molecule has 1 aromatic heterocycles. The van der Waals surface area contributed by atoms with E-state index in [2.05, 4.69) is 20.3 Å². The number of sulfonamides is 1. The van der Waals surface area contributed by atoms with Gasteiger partial charge in [-0.05, 0) is 73.9 Å². The fraction of sp³-hybridized carbons (Fsp3) is 0.583. The summed E-state index contributed by atoms with van der Waals surface area (Å²) in [6.07, 6.45) is 5.47. The van der Waals surface area contributed by atoms with E-state index in [1.807, 2.05) is 19.9 Å². The molecule has 2 aliphatic heterocycles. The van der Waals surface area contributed by atoms with E-state index in [4.69, 9.17) is 9.47 Å². The molecule has 1 aromatic carbocycles. The quantitative estimate of drug-likeness (QED) is 0.235. The number of aromatic nitrogens is 1. The van der Waals surface area contributed by atoms with Gasteiger partial charge in [-0.25, -0.2) is 22.6 Å². The topological polar surface area (TPSA) is 214 Å². The van der Waals surface area contributed by atoms with Crippen LogP contribution in [-0.2, 0) is 24.4 Å². The van der Waals surface area contributed by atoms with Crippen LogP contribution in [0.3, 0.4) is 0 Å². The van der Waals surface area contributed by atoms with Crippen molar-refractivity contribution < 1.29 is 51.7 Å². The molecule has 4 aliphatic rings. The summed E-state index contributed by atoms with van der Waals surface area (Å²) in [5, 5.41) is 25.6. The summed E-state index contributed by atoms with van der Waals surface area (Å²) in [6, 6.07) is 1.86. The molecule has 3 heterocycles. The summed E-state index contributed by atoms with van der Waals surface area (Å²) >= 11 is 0. The maximum atomic E-state index is 14.8. The van der Waals surface area contributed by atoms with Crippen molar-refractivity contribution in [2.24, 2.45) is 17.8 Å². The van der Waals surface area contributed by atoms with Gasteiger partial charge in [0.15, 0.2) is 11.6 Å². The molecule has 1 saturated heterocycles. The van der Waals surface area contributed by atoms with Gasteiger partial charge in [-0.1, -0.05) is 32.4 Å². The number of carbonyl (C=O) groups is 4. The molecule has 5 N–H and O–H groups in total. The highest BCUT2D eigenvalue weighted by Gasteiger charge is 2.64. The summed E-state index contributed by atoms with van der Waals surface area (Å²) in [7, 11) is -2.95. The minimum absolute atomic E-state index is 0.0168. The van der Waals surface area contributed by atoms with Gasteiger partial charge in [0.25, 0.3) is 5.91 Å². The Balaban J connectivity index is 1.35. The van der Waals surface area contributed by atoms with Crippen LogP contribution >= 0.6 is 0 Å². The lowest BCUT2D eigenvalue weighted by atomic mass is 9.85. The van der Waals surface area contributed by atoms with E-state index >= 15 is 0 Å². The zero-order valence-corrected chi connectivity index (χ0v) is 30.7. The Morgan fingerprint density at radius 1 is 1.21 bits per heavy atom. The summed E-state index contributed by atoms with van der Waals surface area (Å²) in [4.78, 5) is 60.2. The first-order chi connectivity index (χ1) is 25.2. The predicted octanol–water partition coefficient (Wildman–Crippen LogP) is 2.62. The van der Waals surface area contributed by atoms with Crippen molar-refractivity contribution in [1.29, 1.82) is 0 Å². The first-order valence-corrected chi connectivity index (χ1v) is 19.4. The number of aliphatic hydroxyl groups excluding tert-OH is 1.